The molecule has 1 aliphatic heterocycles. The fourth-order valence-corrected chi connectivity index (χ4v) is 3.70. The van der Waals surface area contributed by atoms with Crippen molar-refractivity contribution in [3.63, 3.8) is 0 Å². The minimum absolute atomic E-state index is 0.0453. The van der Waals surface area contributed by atoms with Crippen molar-refractivity contribution in [3.05, 3.63) is 51.5 Å². The van der Waals surface area contributed by atoms with Crippen LogP contribution in [0.5, 0.6) is 0 Å². The number of nitrogens with zero attached hydrogens (tertiary/aromatic N) is 4. The van der Waals surface area contributed by atoms with Crippen LogP contribution in [0.25, 0.3) is 4.96 Å². The highest BCUT2D eigenvalue weighted by Crippen LogP contribution is 2.32. The van der Waals surface area contributed by atoms with Crippen LogP contribution in [0.4, 0.5) is 26.1 Å². The van der Waals surface area contributed by atoms with E-state index in [4.69, 9.17) is 0 Å². The van der Waals surface area contributed by atoms with Gasteiger partial charge in [-0.3, -0.25) is 4.79 Å². The number of nitro groups is 1. The Kier molecular flexibility index (Phi) is 3.80. The number of amides is 1. The number of anilines is 2. The smallest absolute Gasteiger partial charge is 0.358 e. The summed E-state index contributed by atoms with van der Waals surface area (Å²) in [6.07, 6.45) is 1.74. The number of thiazole rings is 1. The van der Waals surface area contributed by atoms with E-state index in [2.05, 4.69) is 10.3 Å². The SMILES string of the molecule is O=C1C(Nc2nc3sccn3c2[N+](=O)[O-])CCN1c1c(F)cccc1F. The van der Waals surface area contributed by atoms with Gasteiger partial charge in [-0.1, -0.05) is 17.4 Å². The molecule has 0 bridgehead atoms. The Morgan fingerprint density at radius 3 is 2.77 bits per heavy atom. The van der Waals surface area contributed by atoms with Crippen LogP contribution in [0.1, 0.15) is 6.42 Å². The molecule has 134 valence electrons. The number of benzene rings is 1. The van der Waals surface area contributed by atoms with Crippen molar-refractivity contribution >= 4 is 39.5 Å². The van der Waals surface area contributed by atoms with E-state index in [1.165, 1.54) is 28.0 Å². The van der Waals surface area contributed by atoms with Gasteiger partial charge in [0.15, 0.2) is 0 Å². The lowest BCUT2D eigenvalue weighted by Crippen LogP contribution is -2.34. The molecule has 1 aliphatic rings. The molecule has 8 nitrogen and oxygen atoms in total. The van der Waals surface area contributed by atoms with Gasteiger partial charge in [-0.05, 0) is 23.5 Å². The zero-order valence-electron chi connectivity index (χ0n) is 13.1. The predicted octanol–water partition coefficient (Wildman–Crippen LogP) is 2.80. The van der Waals surface area contributed by atoms with Crippen molar-refractivity contribution in [2.24, 2.45) is 0 Å². The van der Waals surface area contributed by atoms with E-state index in [0.717, 1.165) is 17.0 Å². The molecule has 1 N–H and O–H groups in total. The summed E-state index contributed by atoms with van der Waals surface area (Å²) >= 11 is 1.21. The number of para-hydroxylation sites is 1. The minimum Gasteiger partial charge on any atom is -0.358 e. The summed E-state index contributed by atoms with van der Waals surface area (Å²) in [5, 5.41) is 15.7. The standard InChI is InChI=1S/C15H11F2N5O3S/c16-8-2-1-3-9(17)11(8)20-5-4-10(14(20)23)18-12-13(22(24)25)21-6-7-26-15(21)19-12/h1-3,6-7,10,18H,4-5H2. The van der Waals surface area contributed by atoms with E-state index in [-0.39, 0.29) is 24.6 Å². The maximum Gasteiger partial charge on any atom is 0.372 e. The zero-order valence-corrected chi connectivity index (χ0v) is 13.9. The molecule has 1 amide bonds. The minimum atomic E-state index is -0.864. The van der Waals surface area contributed by atoms with Gasteiger partial charge in [0.25, 0.3) is 4.96 Å². The van der Waals surface area contributed by atoms with E-state index in [1.807, 2.05) is 0 Å². The lowest BCUT2D eigenvalue weighted by molar-refractivity contribution is -0.389. The fourth-order valence-electron chi connectivity index (χ4n) is 2.99. The van der Waals surface area contributed by atoms with Crippen LogP contribution in [0.3, 0.4) is 0 Å². The molecule has 4 rings (SSSR count). The van der Waals surface area contributed by atoms with Crippen molar-refractivity contribution in [3.8, 4) is 0 Å². The number of fused-ring (bicyclic) bond motifs is 1. The third-order valence-electron chi connectivity index (χ3n) is 4.13. The van der Waals surface area contributed by atoms with Crippen LogP contribution in [0.2, 0.25) is 0 Å². The lowest BCUT2D eigenvalue weighted by atomic mass is 10.2. The molecule has 3 heterocycles. The first-order valence-electron chi connectivity index (χ1n) is 7.59. The van der Waals surface area contributed by atoms with Crippen molar-refractivity contribution in [1.29, 1.82) is 0 Å². The van der Waals surface area contributed by atoms with Gasteiger partial charge in [-0.15, -0.1) is 0 Å². The molecule has 2 aromatic heterocycles. The van der Waals surface area contributed by atoms with Crippen LogP contribution in [0.15, 0.2) is 29.8 Å². The summed E-state index contributed by atoms with van der Waals surface area (Å²) in [7, 11) is 0. The average molecular weight is 379 g/mol. The first kappa shape index (κ1) is 16.4. The Labute approximate surface area is 148 Å². The fraction of sp³-hybridized carbons (Fsp3) is 0.200. The third kappa shape index (κ3) is 2.47. The number of aromatic nitrogens is 2. The average Bonchev–Trinajstić information content (AvgIpc) is 3.24. The van der Waals surface area contributed by atoms with Crippen LogP contribution in [0, 0.1) is 21.7 Å². The predicted molar refractivity (Wildman–Crippen MR) is 90.5 cm³/mol. The van der Waals surface area contributed by atoms with Gasteiger partial charge < -0.3 is 20.3 Å². The summed E-state index contributed by atoms with van der Waals surface area (Å²) in [5.74, 6) is -2.58. The number of imidazole rings is 1. The highest BCUT2D eigenvalue weighted by atomic mass is 32.1. The quantitative estimate of drug-likeness (QED) is 0.556. The molecule has 1 fully saturated rings. The van der Waals surface area contributed by atoms with E-state index in [0.29, 0.717) is 4.96 Å². The van der Waals surface area contributed by atoms with Gasteiger partial charge in [0.05, 0.1) is 0 Å². The highest BCUT2D eigenvalue weighted by Gasteiger charge is 2.37. The van der Waals surface area contributed by atoms with Crippen molar-refractivity contribution in [1.82, 2.24) is 9.38 Å². The summed E-state index contributed by atoms with van der Waals surface area (Å²) in [4.78, 5) is 28.9. The third-order valence-corrected chi connectivity index (χ3v) is 4.89. The summed E-state index contributed by atoms with van der Waals surface area (Å²) < 4.78 is 29.2. The molecule has 0 spiro atoms. The van der Waals surface area contributed by atoms with Crippen LogP contribution < -0.4 is 10.2 Å². The second kappa shape index (κ2) is 6.02. The molecular weight excluding hydrogens is 368 g/mol. The first-order chi connectivity index (χ1) is 12.5. The van der Waals surface area contributed by atoms with E-state index < -0.39 is 34.2 Å². The number of carbonyl (C=O) groups excluding carboxylic acids is 1. The highest BCUT2D eigenvalue weighted by molar-refractivity contribution is 7.15. The number of halogens is 2. The molecule has 1 unspecified atom stereocenters. The molecule has 0 saturated carbocycles. The van der Waals surface area contributed by atoms with Gasteiger partial charge in [0, 0.05) is 11.9 Å². The van der Waals surface area contributed by atoms with Crippen molar-refractivity contribution < 1.29 is 18.5 Å². The first-order valence-corrected chi connectivity index (χ1v) is 8.47. The Hall–Kier alpha value is -3.08. The maximum absolute atomic E-state index is 13.9. The summed E-state index contributed by atoms with van der Waals surface area (Å²) in [6, 6.07) is 2.49. The Morgan fingerprint density at radius 1 is 1.35 bits per heavy atom. The van der Waals surface area contributed by atoms with Gasteiger partial charge in [0.2, 0.25) is 11.7 Å². The molecule has 0 radical (unpaired) electrons. The number of carbonyl (C=O) groups is 1. The second-order valence-corrected chi connectivity index (χ2v) is 6.52. The normalized spacial score (nSPS) is 17.2. The van der Waals surface area contributed by atoms with E-state index in [1.54, 1.807) is 5.38 Å². The summed E-state index contributed by atoms with van der Waals surface area (Å²) in [6.45, 7) is 0.0877. The van der Waals surface area contributed by atoms with Gasteiger partial charge in [0.1, 0.15) is 29.6 Å². The number of rotatable bonds is 4. The largest absolute Gasteiger partial charge is 0.372 e. The van der Waals surface area contributed by atoms with Crippen molar-refractivity contribution in [2.75, 3.05) is 16.8 Å². The number of hydrogen-bond donors (Lipinski definition) is 1. The van der Waals surface area contributed by atoms with Crippen molar-refractivity contribution in [2.45, 2.75) is 12.5 Å². The number of hydrogen-bond acceptors (Lipinski definition) is 6. The van der Waals surface area contributed by atoms with Gasteiger partial charge in [-0.2, -0.15) is 9.38 Å². The molecule has 3 aromatic rings. The van der Waals surface area contributed by atoms with Crippen LogP contribution in [-0.4, -0.2) is 32.8 Å². The molecule has 11 heteroatoms. The Bertz CT molecular complexity index is 1010. The Balaban J connectivity index is 1.63. The van der Waals surface area contributed by atoms with Crippen LogP contribution >= 0.6 is 11.3 Å². The van der Waals surface area contributed by atoms with Gasteiger partial charge >= 0.3 is 5.82 Å². The summed E-state index contributed by atoms with van der Waals surface area (Å²) in [5.41, 5.74) is -0.415. The monoisotopic (exact) mass is 379 g/mol. The molecule has 1 aromatic carbocycles. The molecule has 1 saturated heterocycles. The van der Waals surface area contributed by atoms with E-state index >= 15 is 0 Å². The second-order valence-electron chi connectivity index (χ2n) is 5.64. The number of nitrogens with one attached hydrogen (secondary N) is 1. The molecular formula is C15H11F2N5O3S. The zero-order chi connectivity index (χ0) is 18.4. The molecule has 1 atom stereocenters. The lowest BCUT2D eigenvalue weighted by Gasteiger charge is -2.18. The van der Waals surface area contributed by atoms with E-state index in [9.17, 15) is 23.7 Å². The maximum atomic E-state index is 13.9. The molecule has 0 aliphatic carbocycles. The van der Waals surface area contributed by atoms with Crippen LogP contribution in [-0.2, 0) is 4.79 Å². The molecule has 26 heavy (non-hydrogen) atoms. The topological polar surface area (TPSA) is 92.8 Å². The van der Waals surface area contributed by atoms with Gasteiger partial charge in [-0.25, -0.2) is 8.78 Å². The Morgan fingerprint density at radius 2 is 2.08 bits per heavy atom.